The number of nitrogens with two attached hydrogens (primary N) is 1. The minimum atomic E-state index is -0.786. The largest absolute Gasteiger partial charge is 0.387 e. The number of aliphatic hydroxyl groups excluding tert-OH is 1. The molecule has 14 heavy (non-hydrogen) atoms. The van der Waals surface area contributed by atoms with E-state index in [1.54, 1.807) is 14.1 Å². The fraction of sp³-hybridized carbons (Fsp3) is 0.625. The van der Waals surface area contributed by atoms with E-state index in [0.29, 0.717) is 18.7 Å². The van der Waals surface area contributed by atoms with Crippen molar-refractivity contribution >= 4 is 11.6 Å². The van der Waals surface area contributed by atoms with Gasteiger partial charge in [-0.25, -0.2) is 4.79 Å². The number of halogens is 1. The second kappa shape index (κ2) is 4.16. The molecule has 0 fully saturated rings. The Kier molecular flexibility index (Phi) is 3.36. The Bertz CT molecular complexity index is 383. The topological polar surface area (TPSA) is 73.2 Å². The van der Waals surface area contributed by atoms with Gasteiger partial charge in [0.1, 0.15) is 5.15 Å². The molecular weight excluding hydrogens is 206 g/mol. The van der Waals surface area contributed by atoms with Crippen molar-refractivity contribution in [2.45, 2.75) is 12.5 Å². The van der Waals surface area contributed by atoms with E-state index in [4.69, 9.17) is 17.3 Å². The van der Waals surface area contributed by atoms with Gasteiger partial charge in [-0.3, -0.25) is 9.13 Å². The number of aromatic nitrogens is 2. The van der Waals surface area contributed by atoms with Crippen molar-refractivity contribution in [2.75, 3.05) is 6.54 Å². The molecule has 80 valence electrons. The van der Waals surface area contributed by atoms with Gasteiger partial charge in [-0.2, -0.15) is 0 Å². The average Bonchev–Trinajstić information content (AvgIpc) is 2.32. The summed E-state index contributed by atoms with van der Waals surface area (Å²) >= 11 is 5.89. The molecule has 1 atom stereocenters. The minimum Gasteiger partial charge on any atom is -0.387 e. The summed E-state index contributed by atoms with van der Waals surface area (Å²) in [5.41, 5.74) is 5.49. The van der Waals surface area contributed by atoms with Gasteiger partial charge in [-0.1, -0.05) is 11.6 Å². The summed E-state index contributed by atoms with van der Waals surface area (Å²) in [6.07, 6.45) is -0.400. The molecule has 0 saturated carbocycles. The maximum absolute atomic E-state index is 11.4. The first-order valence-electron chi connectivity index (χ1n) is 4.30. The molecule has 5 nitrogen and oxygen atoms in total. The first-order valence-corrected chi connectivity index (χ1v) is 4.67. The highest BCUT2D eigenvalue weighted by molar-refractivity contribution is 6.30. The van der Waals surface area contributed by atoms with E-state index in [-0.39, 0.29) is 10.8 Å². The minimum absolute atomic E-state index is 0.249. The molecule has 3 N–H and O–H groups in total. The predicted molar refractivity (Wildman–Crippen MR) is 54.3 cm³/mol. The Morgan fingerprint density at radius 1 is 1.50 bits per heavy atom. The Balaban J connectivity index is 3.21. The first kappa shape index (κ1) is 11.3. The normalized spacial score (nSPS) is 13.2. The summed E-state index contributed by atoms with van der Waals surface area (Å²) < 4.78 is 2.62. The van der Waals surface area contributed by atoms with Gasteiger partial charge in [0.25, 0.3) is 0 Å². The second-order valence-electron chi connectivity index (χ2n) is 3.17. The van der Waals surface area contributed by atoms with Crippen molar-refractivity contribution in [1.29, 1.82) is 0 Å². The fourth-order valence-electron chi connectivity index (χ4n) is 1.38. The lowest BCUT2D eigenvalue weighted by Crippen LogP contribution is -2.21. The molecule has 0 aliphatic carbocycles. The Hall–Kier alpha value is -0.780. The van der Waals surface area contributed by atoms with Crippen molar-refractivity contribution in [1.82, 2.24) is 9.13 Å². The van der Waals surface area contributed by atoms with Crippen LogP contribution in [0.25, 0.3) is 0 Å². The first-order chi connectivity index (χ1) is 6.50. The fourth-order valence-corrected chi connectivity index (χ4v) is 1.70. The molecule has 1 aromatic heterocycles. The number of hydrogen-bond acceptors (Lipinski definition) is 3. The standard InChI is InChI=1S/C8H14ClN3O2/c1-11-6(5(13)3-4-10)7(9)12(2)8(11)14/h5,13H,3-4,10H2,1-2H3. The lowest BCUT2D eigenvalue weighted by molar-refractivity contribution is 0.162. The average molecular weight is 220 g/mol. The van der Waals surface area contributed by atoms with E-state index < -0.39 is 6.10 Å². The van der Waals surface area contributed by atoms with E-state index in [2.05, 4.69) is 0 Å². The summed E-state index contributed by atoms with van der Waals surface area (Å²) in [6, 6.07) is 0. The highest BCUT2D eigenvalue weighted by Crippen LogP contribution is 2.22. The van der Waals surface area contributed by atoms with E-state index >= 15 is 0 Å². The monoisotopic (exact) mass is 219 g/mol. The van der Waals surface area contributed by atoms with Gasteiger partial charge in [0.05, 0.1) is 11.8 Å². The van der Waals surface area contributed by atoms with E-state index in [0.717, 1.165) is 0 Å². The third kappa shape index (κ3) is 1.70. The van der Waals surface area contributed by atoms with E-state index in [9.17, 15) is 9.90 Å². The van der Waals surface area contributed by atoms with Crippen LogP contribution in [0.4, 0.5) is 0 Å². The van der Waals surface area contributed by atoms with Crippen LogP contribution in [-0.2, 0) is 14.1 Å². The molecule has 6 heteroatoms. The lowest BCUT2D eigenvalue weighted by atomic mass is 10.2. The molecule has 0 saturated heterocycles. The number of hydrogen-bond donors (Lipinski definition) is 2. The van der Waals surface area contributed by atoms with Crippen LogP contribution in [0, 0.1) is 0 Å². The summed E-state index contributed by atoms with van der Waals surface area (Å²) in [4.78, 5) is 11.4. The third-order valence-electron chi connectivity index (χ3n) is 2.20. The van der Waals surface area contributed by atoms with Crippen LogP contribution in [0.1, 0.15) is 18.2 Å². The summed E-state index contributed by atoms with van der Waals surface area (Å²) in [7, 11) is 3.13. The van der Waals surface area contributed by atoms with Crippen molar-refractivity contribution < 1.29 is 5.11 Å². The summed E-state index contributed by atoms with van der Waals surface area (Å²) in [6.45, 7) is 0.348. The zero-order chi connectivity index (χ0) is 10.9. The molecular formula is C8H14ClN3O2. The van der Waals surface area contributed by atoms with E-state index in [1.165, 1.54) is 9.13 Å². The molecule has 1 rings (SSSR count). The quantitative estimate of drug-likeness (QED) is 0.737. The number of aliphatic hydroxyl groups is 1. The van der Waals surface area contributed by atoms with Crippen LogP contribution < -0.4 is 11.4 Å². The molecule has 1 heterocycles. The Morgan fingerprint density at radius 2 is 2.07 bits per heavy atom. The van der Waals surface area contributed by atoms with Crippen LogP contribution in [0.5, 0.6) is 0 Å². The highest BCUT2D eigenvalue weighted by atomic mass is 35.5. The van der Waals surface area contributed by atoms with Crippen LogP contribution in [0.3, 0.4) is 0 Å². The molecule has 0 spiro atoms. The van der Waals surface area contributed by atoms with Crippen molar-refractivity contribution in [3.8, 4) is 0 Å². The maximum atomic E-state index is 11.4. The van der Waals surface area contributed by atoms with Crippen LogP contribution in [0.2, 0.25) is 5.15 Å². The van der Waals surface area contributed by atoms with Gasteiger partial charge in [-0.05, 0) is 13.0 Å². The zero-order valence-corrected chi connectivity index (χ0v) is 8.95. The van der Waals surface area contributed by atoms with Crippen molar-refractivity contribution in [3.63, 3.8) is 0 Å². The highest BCUT2D eigenvalue weighted by Gasteiger charge is 2.19. The van der Waals surface area contributed by atoms with Crippen LogP contribution in [-0.4, -0.2) is 20.8 Å². The molecule has 0 aliphatic rings. The number of rotatable bonds is 3. The molecule has 0 bridgehead atoms. The molecule has 0 aliphatic heterocycles. The predicted octanol–water partition coefficient (Wildman–Crippen LogP) is -0.241. The van der Waals surface area contributed by atoms with E-state index in [1.807, 2.05) is 0 Å². The lowest BCUT2D eigenvalue weighted by Gasteiger charge is -2.09. The van der Waals surface area contributed by atoms with Crippen molar-refractivity contribution in [2.24, 2.45) is 19.8 Å². The van der Waals surface area contributed by atoms with Crippen molar-refractivity contribution in [3.05, 3.63) is 21.3 Å². The molecule has 1 unspecified atom stereocenters. The molecule has 1 aromatic rings. The third-order valence-corrected chi connectivity index (χ3v) is 2.64. The van der Waals surface area contributed by atoms with Gasteiger partial charge >= 0.3 is 5.69 Å². The Morgan fingerprint density at radius 3 is 2.43 bits per heavy atom. The molecule has 0 aromatic carbocycles. The van der Waals surface area contributed by atoms with Gasteiger partial charge in [-0.15, -0.1) is 0 Å². The van der Waals surface area contributed by atoms with Gasteiger partial charge in [0, 0.05) is 14.1 Å². The van der Waals surface area contributed by atoms with Gasteiger partial charge in [0.2, 0.25) is 0 Å². The van der Waals surface area contributed by atoms with Gasteiger partial charge < -0.3 is 10.8 Å². The SMILES string of the molecule is Cn1c(Cl)c(C(O)CCN)n(C)c1=O. The maximum Gasteiger partial charge on any atom is 0.329 e. The summed E-state index contributed by atoms with van der Waals surface area (Å²) in [5.74, 6) is 0. The second-order valence-corrected chi connectivity index (χ2v) is 3.53. The zero-order valence-electron chi connectivity index (χ0n) is 8.20. The summed E-state index contributed by atoms with van der Waals surface area (Å²) in [5, 5.41) is 9.94. The Labute approximate surface area is 86.7 Å². The smallest absolute Gasteiger partial charge is 0.329 e. The van der Waals surface area contributed by atoms with Crippen LogP contribution in [0.15, 0.2) is 4.79 Å². The number of nitrogens with zero attached hydrogens (tertiary/aromatic N) is 2. The molecule has 0 amide bonds. The van der Waals surface area contributed by atoms with Crippen LogP contribution >= 0.6 is 11.6 Å². The number of imidazole rings is 1. The molecule has 0 radical (unpaired) electrons. The van der Waals surface area contributed by atoms with Gasteiger partial charge in [0.15, 0.2) is 0 Å².